The van der Waals surface area contributed by atoms with E-state index in [0.717, 1.165) is 18.8 Å². The number of hydrogen-bond acceptors (Lipinski definition) is 6. The Labute approximate surface area is 203 Å². The van der Waals surface area contributed by atoms with Gasteiger partial charge in [-0.25, -0.2) is 4.98 Å². The van der Waals surface area contributed by atoms with Crippen molar-refractivity contribution in [3.63, 3.8) is 0 Å². The fraction of sp³-hybridized carbons (Fsp3) is 0.400. The topological polar surface area (TPSA) is 85.7 Å². The number of carbonyl (C=O) groups is 1. The molecule has 3 aromatic rings. The number of amides is 1. The maximum Gasteiger partial charge on any atom is 0.261 e. The standard InChI is InChI=1S/C25H29ClN4O4/c1-33-22-14-18-20(15-23(22)34-2)27-16-30(25(18)32)12-6-7-24(31)28-17-8-9-21(19(26)13-17)29-10-4-3-5-11-29/h8-9,13-16H,3-7,10-12H2,1-2H3,(H,28,31). The van der Waals surface area contributed by atoms with Crippen molar-refractivity contribution < 1.29 is 14.3 Å². The second-order valence-corrected chi connectivity index (χ2v) is 8.74. The van der Waals surface area contributed by atoms with Gasteiger partial charge in [-0.05, 0) is 49.9 Å². The minimum absolute atomic E-state index is 0.130. The molecule has 9 heteroatoms. The van der Waals surface area contributed by atoms with Gasteiger partial charge in [-0.15, -0.1) is 0 Å². The number of benzene rings is 2. The Bertz CT molecular complexity index is 1240. The van der Waals surface area contributed by atoms with Gasteiger partial charge in [-0.2, -0.15) is 0 Å². The smallest absolute Gasteiger partial charge is 0.261 e. The molecule has 1 aliphatic heterocycles. The van der Waals surface area contributed by atoms with E-state index in [1.807, 2.05) is 12.1 Å². The van der Waals surface area contributed by atoms with Crippen molar-refractivity contribution in [1.29, 1.82) is 0 Å². The third-order valence-corrected chi connectivity index (χ3v) is 6.36. The van der Waals surface area contributed by atoms with Crippen LogP contribution < -0.4 is 25.2 Å². The number of halogens is 1. The Hall–Kier alpha value is -3.26. The lowest BCUT2D eigenvalue weighted by atomic mass is 10.1. The summed E-state index contributed by atoms with van der Waals surface area (Å²) in [4.78, 5) is 32.0. The van der Waals surface area contributed by atoms with E-state index in [4.69, 9.17) is 21.1 Å². The molecule has 0 unspecified atom stereocenters. The van der Waals surface area contributed by atoms with Crippen molar-refractivity contribution in [2.45, 2.75) is 38.6 Å². The van der Waals surface area contributed by atoms with Crippen molar-refractivity contribution in [2.75, 3.05) is 37.5 Å². The molecule has 0 bridgehead atoms. The zero-order valence-electron chi connectivity index (χ0n) is 19.5. The van der Waals surface area contributed by atoms with Gasteiger partial charge in [0.2, 0.25) is 5.91 Å². The Balaban J connectivity index is 1.36. The minimum atomic E-state index is -0.188. The minimum Gasteiger partial charge on any atom is -0.493 e. The van der Waals surface area contributed by atoms with Crippen molar-refractivity contribution in [3.05, 3.63) is 52.0 Å². The van der Waals surface area contributed by atoms with E-state index in [1.165, 1.54) is 44.4 Å². The number of methoxy groups -OCH3 is 2. The van der Waals surface area contributed by atoms with Crippen LogP contribution in [-0.2, 0) is 11.3 Å². The molecule has 0 saturated carbocycles. The summed E-state index contributed by atoms with van der Waals surface area (Å²) in [7, 11) is 3.05. The van der Waals surface area contributed by atoms with E-state index >= 15 is 0 Å². The molecule has 0 aliphatic carbocycles. The van der Waals surface area contributed by atoms with E-state index in [9.17, 15) is 9.59 Å². The van der Waals surface area contributed by atoms with Gasteiger partial charge in [-0.1, -0.05) is 11.6 Å². The number of rotatable bonds is 8. The number of aromatic nitrogens is 2. The molecule has 0 atom stereocenters. The fourth-order valence-electron chi connectivity index (χ4n) is 4.25. The largest absolute Gasteiger partial charge is 0.493 e. The lowest BCUT2D eigenvalue weighted by Crippen LogP contribution is -2.29. The lowest BCUT2D eigenvalue weighted by Gasteiger charge is -2.29. The number of nitrogens with one attached hydrogen (secondary N) is 1. The van der Waals surface area contributed by atoms with Crippen LogP contribution in [0.4, 0.5) is 11.4 Å². The molecule has 180 valence electrons. The van der Waals surface area contributed by atoms with Crippen LogP contribution in [-0.4, -0.2) is 42.8 Å². The number of ether oxygens (including phenoxy) is 2. The predicted molar refractivity (Wildman–Crippen MR) is 134 cm³/mol. The molecule has 1 N–H and O–H groups in total. The summed E-state index contributed by atoms with van der Waals surface area (Å²) in [5, 5.41) is 3.97. The van der Waals surface area contributed by atoms with Crippen LogP contribution in [0.1, 0.15) is 32.1 Å². The van der Waals surface area contributed by atoms with Gasteiger partial charge in [0.25, 0.3) is 5.56 Å². The summed E-state index contributed by atoms with van der Waals surface area (Å²) in [5.74, 6) is 0.853. The zero-order valence-corrected chi connectivity index (χ0v) is 20.2. The maximum atomic E-state index is 12.9. The van der Waals surface area contributed by atoms with E-state index in [-0.39, 0.29) is 17.9 Å². The summed E-state index contributed by atoms with van der Waals surface area (Å²) < 4.78 is 12.1. The van der Waals surface area contributed by atoms with Crippen LogP contribution in [0.5, 0.6) is 11.5 Å². The van der Waals surface area contributed by atoms with Gasteiger partial charge in [0.15, 0.2) is 11.5 Å². The van der Waals surface area contributed by atoms with Gasteiger partial charge >= 0.3 is 0 Å². The van der Waals surface area contributed by atoms with E-state index in [1.54, 1.807) is 18.2 Å². The average Bonchev–Trinajstić information content (AvgIpc) is 2.85. The molecule has 8 nitrogen and oxygen atoms in total. The number of aryl methyl sites for hydroxylation is 1. The number of hydrogen-bond donors (Lipinski definition) is 1. The molecule has 2 aromatic carbocycles. The first-order chi connectivity index (χ1) is 16.5. The van der Waals surface area contributed by atoms with Crippen LogP contribution in [0.3, 0.4) is 0 Å². The molecule has 34 heavy (non-hydrogen) atoms. The normalized spacial score (nSPS) is 13.7. The SMILES string of the molecule is COc1cc2ncn(CCCC(=O)Nc3ccc(N4CCCCC4)c(Cl)c3)c(=O)c2cc1OC. The quantitative estimate of drug-likeness (QED) is 0.507. The number of nitrogens with zero attached hydrogens (tertiary/aromatic N) is 3. The third kappa shape index (κ3) is 5.28. The van der Waals surface area contributed by atoms with E-state index in [2.05, 4.69) is 15.2 Å². The lowest BCUT2D eigenvalue weighted by molar-refractivity contribution is -0.116. The van der Waals surface area contributed by atoms with E-state index < -0.39 is 0 Å². The molecule has 1 aliphatic rings. The molecule has 1 amide bonds. The average molecular weight is 485 g/mol. The van der Waals surface area contributed by atoms with Crippen LogP contribution >= 0.6 is 11.6 Å². The number of carbonyl (C=O) groups excluding carboxylic acids is 1. The zero-order chi connectivity index (χ0) is 24.1. The van der Waals surface area contributed by atoms with Crippen LogP contribution in [0, 0.1) is 0 Å². The third-order valence-electron chi connectivity index (χ3n) is 6.06. The first kappa shape index (κ1) is 23.9. The number of anilines is 2. The molecule has 2 heterocycles. The summed E-state index contributed by atoms with van der Waals surface area (Å²) in [6, 6.07) is 8.95. The Kier molecular flexibility index (Phi) is 7.57. The highest BCUT2D eigenvalue weighted by Crippen LogP contribution is 2.31. The Morgan fingerprint density at radius 3 is 2.53 bits per heavy atom. The van der Waals surface area contributed by atoms with Gasteiger partial charge in [0.05, 0.1) is 42.2 Å². The number of fused-ring (bicyclic) bond motifs is 1. The van der Waals surface area contributed by atoms with Gasteiger partial charge in [0.1, 0.15) is 0 Å². The molecular weight excluding hydrogens is 456 g/mol. The molecule has 1 aromatic heterocycles. The van der Waals surface area contributed by atoms with Crippen LogP contribution in [0.25, 0.3) is 10.9 Å². The van der Waals surface area contributed by atoms with Gasteiger partial charge in [0, 0.05) is 37.8 Å². The summed E-state index contributed by atoms with van der Waals surface area (Å²) in [6.07, 6.45) is 5.85. The van der Waals surface area contributed by atoms with Crippen molar-refractivity contribution >= 4 is 39.8 Å². The Morgan fingerprint density at radius 1 is 1.09 bits per heavy atom. The van der Waals surface area contributed by atoms with Gasteiger partial charge in [-0.3, -0.25) is 14.2 Å². The summed E-state index contributed by atoms with van der Waals surface area (Å²) in [6.45, 7) is 2.39. The van der Waals surface area contributed by atoms with Crippen molar-refractivity contribution in [1.82, 2.24) is 9.55 Å². The van der Waals surface area contributed by atoms with Crippen LogP contribution in [0.15, 0.2) is 41.5 Å². The molecule has 0 radical (unpaired) electrons. The molecule has 1 fully saturated rings. The first-order valence-corrected chi connectivity index (χ1v) is 11.8. The monoisotopic (exact) mass is 484 g/mol. The molecule has 4 rings (SSSR count). The highest BCUT2D eigenvalue weighted by Gasteiger charge is 2.15. The Morgan fingerprint density at radius 2 is 1.82 bits per heavy atom. The highest BCUT2D eigenvalue weighted by molar-refractivity contribution is 6.33. The summed E-state index contributed by atoms with van der Waals surface area (Å²) in [5.41, 5.74) is 2.02. The predicted octanol–water partition coefficient (Wildman–Crippen LogP) is 4.48. The van der Waals surface area contributed by atoms with Crippen molar-refractivity contribution in [2.24, 2.45) is 0 Å². The molecule has 0 spiro atoms. The fourth-order valence-corrected chi connectivity index (χ4v) is 4.55. The maximum absolute atomic E-state index is 12.9. The van der Waals surface area contributed by atoms with Crippen LogP contribution in [0.2, 0.25) is 5.02 Å². The second-order valence-electron chi connectivity index (χ2n) is 8.33. The summed E-state index contributed by atoms with van der Waals surface area (Å²) >= 11 is 6.48. The van der Waals surface area contributed by atoms with Gasteiger partial charge < -0.3 is 19.7 Å². The molecular formula is C25H29ClN4O4. The molecule has 1 saturated heterocycles. The highest BCUT2D eigenvalue weighted by atomic mass is 35.5. The first-order valence-electron chi connectivity index (χ1n) is 11.5. The second kappa shape index (κ2) is 10.8. The van der Waals surface area contributed by atoms with Crippen molar-refractivity contribution in [3.8, 4) is 11.5 Å². The van der Waals surface area contributed by atoms with E-state index in [0.29, 0.717) is 46.1 Å². The number of piperidine rings is 1.